The Morgan fingerprint density at radius 2 is 2.00 bits per heavy atom. The van der Waals surface area contributed by atoms with Gasteiger partial charge in [0.05, 0.1) is 11.3 Å². The molecule has 1 aliphatic carbocycles. The summed E-state index contributed by atoms with van der Waals surface area (Å²) in [4.78, 5) is 16.9. The molecular formula is C18H18N2O3. The SMILES string of the molecule is CC1(C)Oc2ccc(NC(=O)c3cccnc3C3CC3)cc2O1. The molecule has 1 N–H and O–H groups in total. The van der Waals surface area contributed by atoms with Crippen molar-refractivity contribution in [2.45, 2.75) is 38.4 Å². The highest BCUT2D eigenvalue weighted by atomic mass is 16.7. The molecule has 2 aromatic rings. The van der Waals surface area contributed by atoms with E-state index in [0.717, 1.165) is 18.5 Å². The van der Waals surface area contributed by atoms with E-state index >= 15 is 0 Å². The minimum absolute atomic E-state index is 0.141. The van der Waals surface area contributed by atoms with Crippen molar-refractivity contribution >= 4 is 11.6 Å². The Morgan fingerprint density at radius 3 is 2.78 bits per heavy atom. The molecule has 5 heteroatoms. The van der Waals surface area contributed by atoms with Crippen LogP contribution in [-0.2, 0) is 0 Å². The monoisotopic (exact) mass is 310 g/mol. The van der Waals surface area contributed by atoms with Crippen LogP contribution in [0.4, 0.5) is 5.69 Å². The van der Waals surface area contributed by atoms with Gasteiger partial charge in [0.15, 0.2) is 11.5 Å². The average Bonchev–Trinajstić information content (AvgIpc) is 3.29. The van der Waals surface area contributed by atoms with Gasteiger partial charge >= 0.3 is 0 Å². The van der Waals surface area contributed by atoms with Crippen molar-refractivity contribution in [3.8, 4) is 11.5 Å². The molecule has 2 heterocycles. The van der Waals surface area contributed by atoms with Crippen molar-refractivity contribution < 1.29 is 14.3 Å². The molecule has 1 aromatic carbocycles. The van der Waals surface area contributed by atoms with E-state index in [2.05, 4.69) is 10.3 Å². The molecule has 1 aliphatic heterocycles. The van der Waals surface area contributed by atoms with Gasteiger partial charge in [-0.1, -0.05) is 0 Å². The fraction of sp³-hybridized carbons (Fsp3) is 0.333. The van der Waals surface area contributed by atoms with E-state index in [1.54, 1.807) is 18.3 Å². The second kappa shape index (κ2) is 4.98. The van der Waals surface area contributed by atoms with E-state index in [-0.39, 0.29) is 5.91 Å². The lowest BCUT2D eigenvalue weighted by Crippen LogP contribution is -2.29. The highest BCUT2D eigenvalue weighted by Crippen LogP contribution is 2.42. The van der Waals surface area contributed by atoms with Gasteiger partial charge < -0.3 is 14.8 Å². The van der Waals surface area contributed by atoms with E-state index in [1.165, 1.54) is 0 Å². The third kappa shape index (κ3) is 2.74. The molecule has 1 saturated carbocycles. The van der Waals surface area contributed by atoms with Crippen molar-refractivity contribution in [2.75, 3.05) is 5.32 Å². The minimum Gasteiger partial charge on any atom is -0.449 e. The van der Waals surface area contributed by atoms with Gasteiger partial charge in [0.1, 0.15) is 0 Å². The van der Waals surface area contributed by atoms with Crippen LogP contribution in [0, 0.1) is 0 Å². The van der Waals surface area contributed by atoms with E-state index in [1.807, 2.05) is 32.0 Å². The predicted octanol–water partition coefficient (Wildman–Crippen LogP) is 3.72. The number of carbonyl (C=O) groups excluding carboxylic acids is 1. The molecule has 23 heavy (non-hydrogen) atoms. The zero-order chi connectivity index (χ0) is 16.0. The zero-order valence-corrected chi connectivity index (χ0v) is 13.1. The molecule has 118 valence electrons. The summed E-state index contributed by atoms with van der Waals surface area (Å²) in [5, 5.41) is 2.92. The molecule has 5 nitrogen and oxygen atoms in total. The van der Waals surface area contributed by atoms with E-state index in [9.17, 15) is 4.79 Å². The van der Waals surface area contributed by atoms with Crippen molar-refractivity contribution in [1.29, 1.82) is 0 Å². The summed E-state index contributed by atoms with van der Waals surface area (Å²) >= 11 is 0. The van der Waals surface area contributed by atoms with Crippen molar-refractivity contribution in [1.82, 2.24) is 4.98 Å². The van der Waals surface area contributed by atoms with Crippen LogP contribution in [0.3, 0.4) is 0 Å². The number of amides is 1. The van der Waals surface area contributed by atoms with Gasteiger partial charge in [-0.15, -0.1) is 0 Å². The molecule has 1 fully saturated rings. The molecule has 2 aliphatic rings. The number of nitrogens with zero attached hydrogens (tertiary/aromatic N) is 1. The van der Waals surface area contributed by atoms with Gasteiger partial charge in [-0.3, -0.25) is 9.78 Å². The number of carbonyl (C=O) groups is 1. The van der Waals surface area contributed by atoms with Crippen LogP contribution >= 0.6 is 0 Å². The van der Waals surface area contributed by atoms with E-state index < -0.39 is 5.79 Å². The first kappa shape index (κ1) is 14.1. The quantitative estimate of drug-likeness (QED) is 0.938. The van der Waals surface area contributed by atoms with Gasteiger partial charge in [0, 0.05) is 37.7 Å². The van der Waals surface area contributed by atoms with Crippen LogP contribution in [0.5, 0.6) is 11.5 Å². The Morgan fingerprint density at radius 1 is 1.22 bits per heavy atom. The third-order valence-corrected chi connectivity index (χ3v) is 3.96. The largest absolute Gasteiger partial charge is 0.449 e. The minimum atomic E-state index is -0.673. The van der Waals surface area contributed by atoms with Crippen LogP contribution in [0.1, 0.15) is 48.7 Å². The summed E-state index contributed by atoms with van der Waals surface area (Å²) in [7, 11) is 0. The second-order valence-electron chi connectivity index (χ2n) is 6.43. The first-order chi connectivity index (χ1) is 11.0. The highest BCUT2D eigenvalue weighted by molar-refractivity contribution is 6.05. The van der Waals surface area contributed by atoms with Crippen LogP contribution in [0.2, 0.25) is 0 Å². The lowest BCUT2D eigenvalue weighted by molar-refractivity contribution is -0.0431. The normalized spacial score (nSPS) is 17.8. The number of benzene rings is 1. The maximum absolute atomic E-state index is 12.6. The molecule has 0 bridgehead atoms. The fourth-order valence-corrected chi connectivity index (χ4v) is 2.79. The molecule has 1 aromatic heterocycles. The number of hydrogen-bond acceptors (Lipinski definition) is 4. The third-order valence-electron chi connectivity index (χ3n) is 3.96. The van der Waals surface area contributed by atoms with Crippen molar-refractivity contribution in [3.63, 3.8) is 0 Å². The number of nitrogens with one attached hydrogen (secondary N) is 1. The number of aromatic nitrogens is 1. The predicted molar refractivity (Wildman–Crippen MR) is 85.9 cm³/mol. The van der Waals surface area contributed by atoms with Crippen LogP contribution in [0.25, 0.3) is 0 Å². The Kier molecular flexibility index (Phi) is 3.04. The van der Waals surface area contributed by atoms with Crippen LogP contribution in [-0.4, -0.2) is 16.7 Å². The number of fused-ring (bicyclic) bond motifs is 1. The number of pyridine rings is 1. The molecule has 4 rings (SSSR count). The van der Waals surface area contributed by atoms with E-state index in [0.29, 0.717) is 28.7 Å². The Labute approximate surface area is 134 Å². The summed E-state index contributed by atoms with van der Waals surface area (Å²) in [6.45, 7) is 3.70. The summed E-state index contributed by atoms with van der Waals surface area (Å²) in [6, 6.07) is 9.03. The van der Waals surface area contributed by atoms with Crippen LogP contribution in [0.15, 0.2) is 36.5 Å². The van der Waals surface area contributed by atoms with Crippen molar-refractivity contribution in [3.05, 3.63) is 47.8 Å². The molecule has 0 unspecified atom stereocenters. The average molecular weight is 310 g/mol. The molecule has 0 atom stereocenters. The maximum atomic E-state index is 12.6. The van der Waals surface area contributed by atoms with Crippen molar-refractivity contribution in [2.24, 2.45) is 0 Å². The number of hydrogen-bond donors (Lipinski definition) is 1. The maximum Gasteiger partial charge on any atom is 0.257 e. The summed E-state index contributed by atoms with van der Waals surface area (Å²) in [6.07, 6.45) is 3.96. The van der Waals surface area contributed by atoms with Gasteiger partial charge in [-0.25, -0.2) is 0 Å². The number of rotatable bonds is 3. The lowest BCUT2D eigenvalue weighted by Gasteiger charge is -2.16. The summed E-state index contributed by atoms with van der Waals surface area (Å²) in [5.41, 5.74) is 2.22. The zero-order valence-electron chi connectivity index (χ0n) is 13.1. The molecule has 1 amide bonds. The molecular weight excluding hydrogens is 292 g/mol. The summed E-state index contributed by atoms with van der Waals surface area (Å²) < 4.78 is 11.4. The standard InChI is InChI=1S/C18H18N2O3/c1-18(2)22-14-8-7-12(10-15(14)23-18)20-17(21)13-4-3-9-19-16(13)11-5-6-11/h3-4,7-11H,5-6H2,1-2H3,(H,20,21). The highest BCUT2D eigenvalue weighted by Gasteiger charge is 2.32. The van der Waals surface area contributed by atoms with E-state index in [4.69, 9.17) is 9.47 Å². The summed E-state index contributed by atoms with van der Waals surface area (Å²) in [5.74, 6) is 0.940. The smallest absolute Gasteiger partial charge is 0.257 e. The van der Waals surface area contributed by atoms with Gasteiger partial charge in [0.25, 0.3) is 5.91 Å². The Balaban J connectivity index is 1.56. The first-order valence-corrected chi connectivity index (χ1v) is 7.80. The second-order valence-corrected chi connectivity index (χ2v) is 6.43. The number of ether oxygens (including phenoxy) is 2. The first-order valence-electron chi connectivity index (χ1n) is 7.80. The fourth-order valence-electron chi connectivity index (χ4n) is 2.79. The Bertz CT molecular complexity index is 782. The van der Waals surface area contributed by atoms with Gasteiger partial charge in [-0.05, 0) is 37.1 Å². The molecule has 0 saturated heterocycles. The number of anilines is 1. The van der Waals surface area contributed by atoms with Gasteiger partial charge in [0.2, 0.25) is 5.79 Å². The van der Waals surface area contributed by atoms with Gasteiger partial charge in [-0.2, -0.15) is 0 Å². The lowest BCUT2D eigenvalue weighted by atomic mass is 10.1. The molecule has 0 spiro atoms. The van der Waals surface area contributed by atoms with Crippen LogP contribution < -0.4 is 14.8 Å². The topological polar surface area (TPSA) is 60.5 Å². The Hall–Kier alpha value is -2.56. The molecule has 0 radical (unpaired) electrons.